The Morgan fingerprint density at radius 2 is 2.17 bits per heavy atom. The third-order valence-electron chi connectivity index (χ3n) is 3.05. The molecular weight excluding hydrogens is 250 g/mol. The van der Waals surface area contributed by atoms with Gasteiger partial charge in [-0.2, -0.15) is 0 Å². The summed E-state index contributed by atoms with van der Waals surface area (Å²) in [5.41, 5.74) is 1.09. The number of aliphatic carboxylic acids is 1. The normalized spacial score (nSPS) is 15.4. The molecule has 5 heteroatoms. The van der Waals surface area contributed by atoms with Crippen molar-refractivity contribution in [3.8, 4) is 0 Å². The van der Waals surface area contributed by atoms with E-state index in [1.54, 1.807) is 18.7 Å². The van der Waals surface area contributed by atoms with Gasteiger partial charge < -0.3 is 10.0 Å². The first-order valence-electron chi connectivity index (χ1n) is 6.25. The van der Waals surface area contributed by atoms with E-state index in [1.165, 1.54) is 11.8 Å². The first-order valence-corrected chi connectivity index (χ1v) is 7.23. The number of carboxylic acids is 1. The fraction of sp³-hybridized carbons (Fsp3) is 0.692. The number of nitrogens with zero attached hydrogens (tertiary/aromatic N) is 1. The zero-order valence-corrected chi connectivity index (χ0v) is 12.0. The molecule has 4 nitrogen and oxygen atoms in total. The van der Waals surface area contributed by atoms with E-state index in [1.807, 2.05) is 6.92 Å². The standard InChI is InChI=1S/C13H21NO3S/c1-4-14(10-7-5-6-8-10)11(15)9-18-13(2,3)12(16)17/h7H,4-6,8-9H2,1-3H3,(H,16,17). The maximum Gasteiger partial charge on any atom is 0.319 e. The molecule has 0 atom stereocenters. The minimum Gasteiger partial charge on any atom is -0.480 e. The Kier molecular flexibility index (Phi) is 5.26. The van der Waals surface area contributed by atoms with Crippen LogP contribution in [0.3, 0.4) is 0 Å². The lowest BCUT2D eigenvalue weighted by atomic mass is 10.2. The van der Waals surface area contributed by atoms with Crippen LogP contribution in [0.15, 0.2) is 11.8 Å². The quantitative estimate of drug-likeness (QED) is 0.806. The van der Waals surface area contributed by atoms with Crippen molar-refractivity contribution in [2.45, 2.75) is 44.8 Å². The number of thioether (sulfide) groups is 1. The van der Waals surface area contributed by atoms with Crippen molar-refractivity contribution in [1.29, 1.82) is 0 Å². The largest absolute Gasteiger partial charge is 0.480 e. The molecule has 0 bridgehead atoms. The van der Waals surface area contributed by atoms with Crippen LogP contribution in [-0.2, 0) is 9.59 Å². The molecule has 0 radical (unpaired) electrons. The van der Waals surface area contributed by atoms with Gasteiger partial charge in [-0.1, -0.05) is 6.08 Å². The summed E-state index contributed by atoms with van der Waals surface area (Å²) in [6, 6.07) is 0. The van der Waals surface area contributed by atoms with Crippen LogP contribution in [0.1, 0.15) is 40.0 Å². The SMILES string of the molecule is CCN(C(=O)CSC(C)(C)C(=O)O)C1=CCCC1. The number of rotatable bonds is 6. The highest BCUT2D eigenvalue weighted by molar-refractivity contribution is 8.01. The molecule has 0 spiro atoms. The monoisotopic (exact) mass is 271 g/mol. The highest BCUT2D eigenvalue weighted by Gasteiger charge is 2.29. The molecular formula is C13H21NO3S. The Labute approximate surface area is 112 Å². The molecule has 1 amide bonds. The number of hydrogen-bond acceptors (Lipinski definition) is 3. The number of amides is 1. The first-order chi connectivity index (χ1) is 8.38. The molecule has 0 aromatic heterocycles. The highest BCUT2D eigenvalue weighted by Crippen LogP contribution is 2.27. The van der Waals surface area contributed by atoms with Crippen molar-refractivity contribution in [3.63, 3.8) is 0 Å². The zero-order valence-electron chi connectivity index (χ0n) is 11.2. The van der Waals surface area contributed by atoms with Gasteiger partial charge in [0.1, 0.15) is 4.75 Å². The summed E-state index contributed by atoms with van der Waals surface area (Å²) in [5.74, 6) is -0.668. The van der Waals surface area contributed by atoms with Gasteiger partial charge in [-0.05, 0) is 40.0 Å². The Morgan fingerprint density at radius 3 is 2.61 bits per heavy atom. The summed E-state index contributed by atoms with van der Waals surface area (Å²) >= 11 is 1.18. The van der Waals surface area contributed by atoms with Crippen molar-refractivity contribution in [2.75, 3.05) is 12.3 Å². The summed E-state index contributed by atoms with van der Waals surface area (Å²) in [6.45, 7) is 5.85. The van der Waals surface area contributed by atoms with Crippen LogP contribution in [0.2, 0.25) is 0 Å². The van der Waals surface area contributed by atoms with Crippen LogP contribution in [0.25, 0.3) is 0 Å². The molecule has 102 valence electrons. The van der Waals surface area contributed by atoms with Gasteiger partial charge in [0.2, 0.25) is 5.91 Å². The van der Waals surface area contributed by atoms with E-state index < -0.39 is 10.7 Å². The average Bonchev–Trinajstić information content (AvgIpc) is 2.81. The van der Waals surface area contributed by atoms with Crippen LogP contribution >= 0.6 is 11.8 Å². The lowest BCUT2D eigenvalue weighted by Crippen LogP contribution is -2.34. The van der Waals surface area contributed by atoms with Gasteiger partial charge >= 0.3 is 5.97 Å². The second-order valence-electron chi connectivity index (χ2n) is 4.83. The summed E-state index contributed by atoms with van der Waals surface area (Å²) in [5, 5.41) is 9.00. The second-order valence-corrected chi connectivity index (χ2v) is 6.43. The van der Waals surface area contributed by atoms with Crippen molar-refractivity contribution in [2.24, 2.45) is 0 Å². The lowest BCUT2D eigenvalue weighted by Gasteiger charge is -2.24. The maximum absolute atomic E-state index is 12.1. The van der Waals surface area contributed by atoms with Gasteiger partial charge in [0.05, 0.1) is 5.75 Å². The Bertz CT molecular complexity index is 363. The predicted octanol–water partition coefficient (Wildman–Crippen LogP) is 2.50. The number of allylic oxidation sites excluding steroid dienone is 2. The molecule has 0 heterocycles. The van der Waals surface area contributed by atoms with E-state index in [4.69, 9.17) is 5.11 Å². The van der Waals surface area contributed by atoms with Crippen LogP contribution in [0.4, 0.5) is 0 Å². The third kappa shape index (κ3) is 3.77. The maximum atomic E-state index is 12.1. The van der Waals surface area contributed by atoms with E-state index in [2.05, 4.69) is 6.08 Å². The van der Waals surface area contributed by atoms with Gasteiger partial charge in [-0.3, -0.25) is 9.59 Å². The van der Waals surface area contributed by atoms with E-state index in [0.29, 0.717) is 6.54 Å². The number of hydrogen-bond donors (Lipinski definition) is 1. The van der Waals surface area contributed by atoms with Gasteiger partial charge in [-0.15, -0.1) is 11.8 Å². The summed E-state index contributed by atoms with van der Waals surface area (Å²) < 4.78 is -0.918. The average molecular weight is 271 g/mol. The van der Waals surface area contributed by atoms with E-state index in [9.17, 15) is 9.59 Å². The molecule has 1 aliphatic rings. The molecule has 0 saturated heterocycles. The lowest BCUT2D eigenvalue weighted by molar-refractivity contribution is -0.138. The van der Waals surface area contributed by atoms with E-state index >= 15 is 0 Å². The van der Waals surface area contributed by atoms with Crippen molar-refractivity contribution in [3.05, 3.63) is 11.8 Å². The molecule has 0 aromatic rings. The van der Waals surface area contributed by atoms with Crippen molar-refractivity contribution < 1.29 is 14.7 Å². The minimum atomic E-state index is -0.918. The molecule has 1 rings (SSSR count). The second kappa shape index (κ2) is 6.27. The van der Waals surface area contributed by atoms with Gasteiger partial charge in [0.15, 0.2) is 0 Å². The Balaban J connectivity index is 2.56. The first kappa shape index (κ1) is 15.1. The summed E-state index contributed by atoms with van der Waals surface area (Å²) in [7, 11) is 0. The molecule has 0 fully saturated rings. The van der Waals surface area contributed by atoms with Gasteiger partial charge in [-0.25, -0.2) is 0 Å². The molecule has 0 saturated carbocycles. The zero-order chi connectivity index (χ0) is 13.8. The molecule has 18 heavy (non-hydrogen) atoms. The molecule has 0 aromatic carbocycles. The van der Waals surface area contributed by atoms with Gasteiger partial charge in [0.25, 0.3) is 0 Å². The number of carboxylic acid groups (broad SMARTS) is 1. The van der Waals surface area contributed by atoms with Gasteiger partial charge in [0, 0.05) is 12.2 Å². The van der Waals surface area contributed by atoms with Crippen LogP contribution in [0.5, 0.6) is 0 Å². The topological polar surface area (TPSA) is 57.6 Å². The molecule has 1 aliphatic carbocycles. The highest BCUT2D eigenvalue weighted by atomic mass is 32.2. The van der Waals surface area contributed by atoms with E-state index in [-0.39, 0.29) is 11.7 Å². The fourth-order valence-corrected chi connectivity index (χ4v) is 2.58. The van der Waals surface area contributed by atoms with Crippen LogP contribution in [0, 0.1) is 0 Å². The number of carbonyl (C=O) groups is 2. The smallest absolute Gasteiger partial charge is 0.319 e. The molecule has 0 unspecified atom stereocenters. The van der Waals surface area contributed by atoms with Crippen LogP contribution < -0.4 is 0 Å². The Hall–Kier alpha value is -0.970. The van der Waals surface area contributed by atoms with E-state index in [0.717, 1.165) is 25.0 Å². The van der Waals surface area contributed by atoms with Crippen molar-refractivity contribution in [1.82, 2.24) is 4.90 Å². The van der Waals surface area contributed by atoms with Crippen molar-refractivity contribution >= 4 is 23.6 Å². The third-order valence-corrected chi connectivity index (χ3v) is 4.34. The van der Waals surface area contributed by atoms with Crippen LogP contribution in [-0.4, -0.2) is 38.9 Å². The molecule has 1 N–H and O–H groups in total. The minimum absolute atomic E-state index is 0.00461. The fourth-order valence-electron chi connectivity index (χ4n) is 1.82. The Morgan fingerprint density at radius 1 is 1.50 bits per heavy atom. The molecule has 0 aliphatic heterocycles. The summed E-state index contributed by atoms with van der Waals surface area (Å²) in [6.07, 6.45) is 5.20. The summed E-state index contributed by atoms with van der Waals surface area (Å²) in [4.78, 5) is 24.8. The predicted molar refractivity (Wildman–Crippen MR) is 73.5 cm³/mol. The number of carbonyl (C=O) groups excluding carboxylic acids is 1.